The number of hydrogen-bond donors (Lipinski definition) is 2. The van der Waals surface area contributed by atoms with Crippen molar-refractivity contribution < 1.29 is 28.2 Å². The quantitative estimate of drug-likeness (QED) is 0.540. The van der Waals surface area contributed by atoms with E-state index in [1.165, 1.54) is 48.5 Å². The van der Waals surface area contributed by atoms with E-state index in [2.05, 4.69) is 5.32 Å². The van der Waals surface area contributed by atoms with Gasteiger partial charge in [0.1, 0.15) is 24.0 Å². The molecular weight excluding hydrogens is 404 g/mol. The molecule has 29 heavy (non-hydrogen) atoms. The molecule has 0 aromatic heterocycles. The molecule has 0 saturated carbocycles. The normalized spacial score (nSPS) is 10.4. The summed E-state index contributed by atoms with van der Waals surface area (Å²) in [7, 11) is 0. The van der Waals surface area contributed by atoms with Crippen molar-refractivity contribution in [2.24, 2.45) is 0 Å². The van der Waals surface area contributed by atoms with Crippen LogP contribution in [0.2, 0.25) is 5.02 Å². The average molecular weight is 418 g/mol. The second-order valence-corrected chi connectivity index (χ2v) is 6.38. The average Bonchev–Trinajstić information content (AvgIpc) is 2.70. The fourth-order valence-electron chi connectivity index (χ4n) is 2.49. The van der Waals surface area contributed by atoms with Crippen molar-refractivity contribution in [2.45, 2.75) is 6.67 Å². The SMILES string of the molecule is O=C(O)c1ccc(NC(=O)c2ccc(CF)cc2Oc2ccc(F)cc2Cl)cc1. The van der Waals surface area contributed by atoms with Gasteiger partial charge in [-0.05, 0) is 60.2 Å². The monoisotopic (exact) mass is 417 g/mol. The number of ether oxygens (including phenoxy) is 1. The Kier molecular flexibility index (Phi) is 6.09. The second-order valence-electron chi connectivity index (χ2n) is 5.98. The number of amides is 1. The molecule has 3 rings (SSSR count). The molecule has 0 aliphatic carbocycles. The Bertz CT molecular complexity index is 1070. The van der Waals surface area contributed by atoms with Gasteiger partial charge in [0.25, 0.3) is 5.91 Å². The van der Waals surface area contributed by atoms with Gasteiger partial charge in [0, 0.05) is 5.69 Å². The minimum atomic E-state index is -1.09. The molecule has 0 spiro atoms. The smallest absolute Gasteiger partial charge is 0.335 e. The molecule has 3 aromatic rings. The van der Waals surface area contributed by atoms with E-state index in [9.17, 15) is 18.4 Å². The molecule has 2 N–H and O–H groups in total. The summed E-state index contributed by atoms with van der Waals surface area (Å²) in [4.78, 5) is 23.6. The topological polar surface area (TPSA) is 75.6 Å². The Labute approximate surface area is 169 Å². The predicted molar refractivity (Wildman–Crippen MR) is 104 cm³/mol. The van der Waals surface area contributed by atoms with Crippen LogP contribution in [0.5, 0.6) is 11.5 Å². The van der Waals surface area contributed by atoms with Crippen molar-refractivity contribution in [3.05, 3.63) is 88.2 Å². The fraction of sp³-hybridized carbons (Fsp3) is 0.0476. The third-order valence-electron chi connectivity index (χ3n) is 3.95. The highest BCUT2D eigenvalue weighted by Crippen LogP contribution is 2.33. The lowest BCUT2D eigenvalue weighted by Gasteiger charge is -2.14. The van der Waals surface area contributed by atoms with Crippen LogP contribution < -0.4 is 10.1 Å². The lowest BCUT2D eigenvalue weighted by Crippen LogP contribution is -2.13. The Morgan fingerprint density at radius 2 is 1.72 bits per heavy atom. The molecule has 0 aliphatic heterocycles. The zero-order chi connectivity index (χ0) is 21.0. The molecule has 5 nitrogen and oxygen atoms in total. The summed E-state index contributed by atoms with van der Waals surface area (Å²) < 4.78 is 32.0. The Hall–Kier alpha value is -3.45. The Morgan fingerprint density at radius 1 is 1.00 bits per heavy atom. The second kappa shape index (κ2) is 8.70. The summed E-state index contributed by atoms with van der Waals surface area (Å²) in [5, 5.41) is 11.5. The molecule has 0 unspecified atom stereocenters. The molecule has 8 heteroatoms. The number of hydrogen-bond acceptors (Lipinski definition) is 3. The van der Waals surface area contributed by atoms with Crippen molar-refractivity contribution in [3.63, 3.8) is 0 Å². The van der Waals surface area contributed by atoms with Gasteiger partial charge in [-0.2, -0.15) is 0 Å². The number of carboxylic acid groups (broad SMARTS) is 1. The van der Waals surface area contributed by atoms with Crippen molar-refractivity contribution in [1.82, 2.24) is 0 Å². The number of halogens is 3. The summed E-state index contributed by atoms with van der Waals surface area (Å²) in [6.45, 7) is -0.772. The van der Waals surface area contributed by atoms with Gasteiger partial charge < -0.3 is 15.2 Å². The van der Waals surface area contributed by atoms with Crippen LogP contribution in [0.3, 0.4) is 0 Å². The minimum absolute atomic E-state index is 0.00808. The van der Waals surface area contributed by atoms with Crippen LogP contribution in [-0.2, 0) is 6.67 Å². The number of nitrogens with one attached hydrogen (secondary N) is 1. The van der Waals surface area contributed by atoms with Crippen LogP contribution in [0.15, 0.2) is 60.7 Å². The molecule has 0 aliphatic rings. The van der Waals surface area contributed by atoms with Gasteiger partial charge in [-0.3, -0.25) is 4.79 Å². The first kappa shape index (κ1) is 20.3. The van der Waals surface area contributed by atoms with Gasteiger partial charge in [0.2, 0.25) is 0 Å². The van der Waals surface area contributed by atoms with E-state index in [1.54, 1.807) is 0 Å². The molecule has 0 heterocycles. The van der Waals surface area contributed by atoms with Gasteiger partial charge in [-0.25, -0.2) is 13.6 Å². The summed E-state index contributed by atoms with van der Waals surface area (Å²) >= 11 is 5.97. The number of anilines is 1. The van der Waals surface area contributed by atoms with Gasteiger partial charge in [0.05, 0.1) is 16.1 Å². The molecule has 148 valence electrons. The lowest BCUT2D eigenvalue weighted by molar-refractivity contribution is 0.0696. The number of carbonyl (C=O) groups excluding carboxylic acids is 1. The first-order valence-corrected chi connectivity index (χ1v) is 8.71. The molecule has 0 bridgehead atoms. The van der Waals surface area contributed by atoms with Crippen LogP contribution >= 0.6 is 11.6 Å². The van der Waals surface area contributed by atoms with Gasteiger partial charge in [-0.1, -0.05) is 17.7 Å². The molecule has 3 aromatic carbocycles. The highest BCUT2D eigenvalue weighted by molar-refractivity contribution is 6.32. The lowest BCUT2D eigenvalue weighted by atomic mass is 10.1. The highest BCUT2D eigenvalue weighted by atomic mass is 35.5. The van der Waals surface area contributed by atoms with Crippen molar-refractivity contribution in [3.8, 4) is 11.5 Å². The number of alkyl halides is 1. The Morgan fingerprint density at radius 3 is 2.34 bits per heavy atom. The maximum absolute atomic E-state index is 13.2. The largest absolute Gasteiger partial charge is 0.478 e. The van der Waals surface area contributed by atoms with Crippen molar-refractivity contribution in [2.75, 3.05) is 5.32 Å². The molecule has 0 saturated heterocycles. The summed E-state index contributed by atoms with van der Waals surface area (Å²) in [5.74, 6) is -2.07. The van der Waals surface area contributed by atoms with Gasteiger partial charge in [-0.15, -0.1) is 0 Å². The van der Waals surface area contributed by atoms with Crippen LogP contribution in [0, 0.1) is 5.82 Å². The summed E-state index contributed by atoms with van der Waals surface area (Å²) in [5.41, 5.74) is 0.802. The number of benzene rings is 3. The molecule has 0 fully saturated rings. The van der Waals surface area contributed by atoms with E-state index in [4.69, 9.17) is 21.4 Å². The first-order chi connectivity index (χ1) is 13.9. The van der Waals surface area contributed by atoms with Gasteiger partial charge >= 0.3 is 5.97 Å². The zero-order valence-corrected chi connectivity index (χ0v) is 15.5. The number of carboxylic acids is 1. The number of aromatic carboxylic acids is 1. The third-order valence-corrected chi connectivity index (χ3v) is 4.24. The van der Waals surface area contributed by atoms with E-state index < -0.39 is 24.4 Å². The standard InChI is InChI=1S/C21H14ClF2NO4/c22-17-10-14(24)4-8-18(17)29-19-9-12(11-23)1-7-16(19)20(26)25-15-5-2-13(3-6-15)21(27)28/h1-10H,11H2,(H,25,26)(H,27,28). The van der Waals surface area contributed by atoms with Crippen LogP contribution in [0.1, 0.15) is 26.3 Å². The maximum atomic E-state index is 13.2. The van der Waals surface area contributed by atoms with Crippen LogP contribution in [0.4, 0.5) is 14.5 Å². The predicted octanol–water partition coefficient (Wildman–Crippen LogP) is 5.69. The van der Waals surface area contributed by atoms with Crippen molar-refractivity contribution in [1.29, 1.82) is 0 Å². The fourth-order valence-corrected chi connectivity index (χ4v) is 2.70. The number of rotatable bonds is 6. The molecule has 0 radical (unpaired) electrons. The third kappa shape index (κ3) is 4.89. The van der Waals surface area contributed by atoms with Crippen LogP contribution in [0.25, 0.3) is 0 Å². The summed E-state index contributed by atoms with van der Waals surface area (Å²) in [6, 6.07) is 13.2. The summed E-state index contributed by atoms with van der Waals surface area (Å²) in [6.07, 6.45) is 0. The highest BCUT2D eigenvalue weighted by Gasteiger charge is 2.16. The van der Waals surface area contributed by atoms with E-state index >= 15 is 0 Å². The van der Waals surface area contributed by atoms with Gasteiger partial charge in [0.15, 0.2) is 0 Å². The van der Waals surface area contributed by atoms with Crippen molar-refractivity contribution >= 4 is 29.2 Å². The minimum Gasteiger partial charge on any atom is -0.478 e. The molecule has 0 atom stereocenters. The maximum Gasteiger partial charge on any atom is 0.335 e. The number of carbonyl (C=O) groups is 2. The van der Waals surface area contributed by atoms with E-state index in [1.807, 2.05) is 0 Å². The Balaban J connectivity index is 1.89. The van der Waals surface area contributed by atoms with E-state index in [0.717, 1.165) is 12.1 Å². The molecular formula is C21H14ClF2NO4. The molecule has 1 amide bonds. The first-order valence-electron chi connectivity index (χ1n) is 8.34. The zero-order valence-electron chi connectivity index (χ0n) is 14.8. The van der Waals surface area contributed by atoms with E-state index in [0.29, 0.717) is 5.69 Å². The van der Waals surface area contributed by atoms with E-state index in [-0.39, 0.29) is 33.2 Å². The van der Waals surface area contributed by atoms with Crippen LogP contribution in [-0.4, -0.2) is 17.0 Å².